The van der Waals surface area contributed by atoms with Gasteiger partial charge in [0.1, 0.15) is 5.69 Å². The summed E-state index contributed by atoms with van der Waals surface area (Å²) in [5.74, 6) is -1.24. The van der Waals surface area contributed by atoms with Gasteiger partial charge >= 0.3 is 5.97 Å². The zero-order chi connectivity index (χ0) is 13.3. The predicted molar refractivity (Wildman–Crippen MR) is 65.5 cm³/mol. The highest BCUT2D eigenvalue weighted by molar-refractivity contribution is 5.95. The van der Waals surface area contributed by atoms with Crippen LogP contribution in [-0.4, -0.2) is 40.0 Å². The predicted octanol–water partition coefficient (Wildman–Crippen LogP) is 1.65. The minimum atomic E-state index is -1.05. The van der Waals surface area contributed by atoms with Crippen LogP contribution >= 0.6 is 0 Å². The van der Waals surface area contributed by atoms with E-state index < -0.39 is 5.97 Å². The standard InChI is InChI=1S/C13H16N2O3/c1-13(2)4-6-15(8-13)11(16)10-7-9(12(17)18)3-5-14-10/h3,5,7H,4,6,8H2,1-2H3,(H,17,18). The smallest absolute Gasteiger partial charge is 0.335 e. The quantitative estimate of drug-likeness (QED) is 0.864. The van der Waals surface area contributed by atoms with Gasteiger partial charge < -0.3 is 10.0 Å². The molecule has 1 aromatic rings. The number of nitrogens with zero attached hydrogens (tertiary/aromatic N) is 2. The second kappa shape index (κ2) is 4.40. The summed E-state index contributed by atoms with van der Waals surface area (Å²) >= 11 is 0. The normalized spacial score (nSPS) is 17.8. The monoisotopic (exact) mass is 248 g/mol. The van der Waals surface area contributed by atoms with Crippen molar-refractivity contribution < 1.29 is 14.7 Å². The maximum atomic E-state index is 12.2. The Labute approximate surface area is 105 Å². The largest absolute Gasteiger partial charge is 0.478 e. The molecule has 1 N–H and O–H groups in total. The molecule has 0 spiro atoms. The van der Waals surface area contributed by atoms with Gasteiger partial charge in [-0.1, -0.05) is 13.8 Å². The van der Waals surface area contributed by atoms with Crippen LogP contribution < -0.4 is 0 Å². The number of aromatic nitrogens is 1. The van der Waals surface area contributed by atoms with Crippen LogP contribution in [0.5, 0.6) is 0 Å². The van der Waals surface area contributed by atoms with Crippen LogP contribution in [0, 0.1) is 5.41 Å². The maximum Gasteiger partial charge on any atom is 0.335 e. The first-order valence-corrected chi connectivity index (χ1v) is 5.88. The van der Waals surface area contributed by atoms with Crippen molar-refractivity contribution in [2.24, 2.45) is 5.41 Å². The molecule has 0 aliphatic carbocycles. The number of aromatic carboxylic acids is 1. The first kappa shape index (κ1) is 12.5. The fraction of sp³-hybridized carbons (Fsp3) is 0.462. The van der Waals surface area contributed by atoms with E-state index in [0.29, 0.717) is 13.1 Å². The highest BCUT2D eigenvalue weighted by atomic mass is 16.4. The number of carboxylic acid groups (broad SMARTS) is 1. The van der Waals surface area contributed by atoms with Gasteiger partial charge in [-0.05, 0) is 24.0 Å². The van der Waals surface area contributed by atoms with E-state index in [2.05, 4.69) is 18.8 Å². The van der Waals surface area contributed by atoms with Crippen molar-refractivity contribution in [1.82, 2.24) is 9.88 Å². The fourth-order valence-corrected chi connectivity index (χ4v) is 2.13. The van der Waals surface area contributed by atoms with E-state index in [1.807, 2.05) is 0 Å². The van der Waals surface area contributed by atoms with Crippen molar-refractivity contribution in [1.29, 1.82) is 0 Å². The lowest BCUT2D eigenvalue weighted by Crippen LogP contribution is -2.31. The molecule has 1 amide bonds. The zero-order valence-electron chi connectivity index (χ0n) is 10.5. The van der Waals surface area contributed by atoms with Crippen LogP contribution in [0.4, 0.5) is 0 Å². The molecule has 5 heteroatoms. The third kappa shape index (κ3) is 2.50. The number of hydrogen-bond acceptors (Lipinski definition) is 3. The summed E-state index contributed by atoms with van der Waals surface area (Å²) in [4.78, 5) is 28.7. The Kier molecular flexibility index (Phi) is 3.07. The van der Waals surface area contributed by atoms with Crippen molar-refractivity contribution in [2.45, 2.75) is 20.3 Å². The number of carboxylic acids is 1. The minimum absolute atomic E-state index is 0.0896. The van der Waals surface area contributed by atoms with E-state index in [9.17, 15) is 9.59 Å². The molecule has 0 saturated carbocycles. The lowest BCUT2D eigenvalue weighted by Gasteiger charge is -2.19. The molecule has 0 radical (unpaired) electrons. The molecule has 2 rings (SSSR count). The molecule has 0 atom stereocenters. The van der Waals surface area contributed by atoms with Crippen LogP contribution in [0.3, 0.4) is 0 Å². The topological polar surface area (TPSA) is 70.5 Å². The van der Waals surface area contributed by atoms with E-state index in [0.717, 1.165) is 6.42 Å². The summed E-state index contributed by atoms with van der Waals surface area (Å²) in [5.41, 5.74) is 0.416. The average Bonchev–Trinajstić information content (AvgIpc) is 2.69. The average molecular weight is 248 g/mol. The van der Waals surface area contributed by atoms with Crippen LogP contribution in [0.15, 0.2) is 18.3 Å². The van der Waals surface area contributed by atoms with Gasteiger partial charge in [-0.25, -0.2) is 4.79 Å². The molecule has 0 bridgehead atoms. The second-order valence-corrected chi connectivity index (χ2v) is 5.38. The highest BCUT2D eigenvalue weighted by Crippen LogP contribution is 2.29. The van der Waals surface area contributed by atoms with Crippen molar-refractivity contribution in [3.63, 3.8) is 0 Å². The van der Waals surface area contributed by atoms with Gasteiger partial charge in [-0.3, -0.25) is 9.78 Å². The highest BCUT2D eigenvalue weighted by Gasteiger charge is 2.32. The molecule has 1 saturated heterocycles. The van der Waals surface area contributed by atoms with E-state index in [4.69, 9.17) is 5.11 Å². The molecule has 0 unspecified atom stereocenters. The SMILES string of the molecule is CC1(C)CCN(C(=O)c2cc(C(=O)O)ccn2)C1. The van der Waals surface area contributed by atoms with E-state index in [-0.39, 0.29) is 22.6 Å². The Morgan fingerprint density at radius 3 is 2.72 bits per heavy atom. The summed E-state index contributed by atoms with van der Waals surface area (Å²) < 4.78 is 0. The van der Waals surface area contributed by atoms with Crippen molar-refractivity contribution in [3.05, 3.63) is 29.6 Å². The van der Waals surface area contributed by atoms with E-state index in [1.165, 1.54) is 18.3 Å². The van der Waals surface area contributed by atoms with Crippen LogP contribution in [-0.2, 0) is 0 Å². The summed E-state index contributed by atoms with van der Waals surface area (Å²) in [6.07, 6.45) is 2.31. The van der Waals surface area contributed by atoms with Gasteiger partial charge in [-0.2, -0.15) is 0 Å². The zero-order valence-corrected chi connectivity index (χ0v) is 10.5. The molecule has 1 aliphatic heterocycles. The summed E-state index contributed by atoms with van der Waals surface area (Å²) in [6.45, 7) is 5.61. The van der Waals surface area contributed by atoms with E-state index >= 15 is 0 Å². The molecule has 2 heterocycles. The molecule has 1 fully saturated rings. The first-order chi connectivity index (χ1) is 8.39. The third-order valence-corrected chi connectivity index (χ3v) is 3.19. The third-order valence-electron chi connectivity index (χ3n) is 3.19. The number of carbonyl (C=O) groups is 2. The van der Waals surface area contributed by atoms with Crippen molar-refractivity contribution in [3.8, 4) is 0 Å². The van der Waals surface area contributed by atoms with Gasteiger partial charge in [0.15, 0.2) is 0 Å². The number of pyridine rings is 1. The Bertz CT molecular complexity index is 497. The van der Waals surface area contributed by atoms with Gasteiger partial charge in [0.05, 0.1) is 5.56 Å². The van der Waals surface area contributed by atoms with E-state index in [1.54, 1.807) is 4.90 Å². The minimum Gasteiger partial charge on any atom is -0.478 e. The fourth-order valence-electron chi connectivity index (χ4n) is 2.13. The Morgan fingerprint density at radius 2 is 2.17 bits per heavy atom. The lowest BCUT2D eigenvalue weighted by atomic mass is 9.93. The summed E-state index contributed by atoms with van der Waals surface area (Å²) in [5, 5.41) is 8.89. The molecule has 0 aromatic carbocycles. The molecular weight excluding hydrogens is 232 g/mol. The van der Waals surface area contributed by atoms with Gasteiger partial charge in [0, 0.05) is 19.3 Å². The Balaban J connectivity index is 2.19. The first-order valence-electron chi connectivity index (χ1n) is 5.88. The molecule has 5 nitrogen and oxygen atoms in total. The molecule has 1 aromatic heterocycles. The molecular formula is C13H16N2O3. The Morgan fingerprint density at radius 1 is 1.44 bits per heavy atom. The van der Waals surface area contributed by atoms with Gasteiger partial charge in [0.2, 0.25) is 0 Å². The summed E-state index contributed by atoms with van der Waals surface area (Å²) in [7, 11) is 0. The number of carbonyl (C=O) groups excluding carboxylic acids is 1. The maximum absolute atomic E-state index is 12.2. The number of hydrogen-bond donors (Lipinski definition) is 1. The molecule has 96 valence electrons. The summed E-state index contributed by atoms with van der Waals surface area (Å²) in [6, 6.07) is 2.71. The van der Waals surface area contributed by atoms with Gasteiger partial charge in [0.25, 0.3) is 5.91 Å². The second-order valence-electron chi connectivity index (χ2n) is 5.38. The molecule has 1 aliphatic rings. The molecule has 18 heavy (non-hydrogen) atoms. The van der Waals surface area contributed by atoms with Gasteiger partial charge in [-0.15, -0.1) is 0 Å². The number of amides is 1. The lowest BCUT2D eigenvalue weighted by molar-refractivity contribution is 0.0696. The van der Waals surface area contributed by atoms with Crippen LogP contribution in [0.25, 0.3) is 0 Å². The van der Waals surface area contributed by atoms with Crippen LogP contribution in [0.1, 0.15) is 41.1 Å². The number of likely N-dealkylation sites (tertiary alicyclic amines) is 1. The Hall–Kier alpha value is -1.91. The van der Waals surface area contributed by atoms with Crippen LogP contribution in [0.2, 0.25) is 0 Å². The van der Waals surface area contributed by atoms with Crippen molar-refractivity contribution in [2.75, 3.05) is 13.1 Å². The van der Waals surface area contributed by atoms with Crippen molar-refractivity contribution >= 4 is 11.9 Å². The number of rotatable bonds is 2.